The minimum atomic E-state index is -4.56. The first kappa shape index (κ1) is 16.6. The van der Waals surface area contributed by atoms with E-state index in [4.69, 9.17) is 10.9 Å². The van der Waals surface area contributed by atoms with Crippen LogP contribution in [0.3, 0.4) is 0 Å². The van der Waals surface area contributed by atoms with Crippen molar-refractivity contribution in [3.63, 3.8) is 0 Å². The Labute approximate surface area is 124 Å². The van der Waals surface area contributed by atoms with Crippen LogP contribution < -0.4 is 15.8 Å². The molecule has 1 unspecified atom stereocenters. The Hall–Kier alpha value is -1.81. The van der Waals surface area contributed by atoms with Gasteiger partial charge in [0.1, 0.15) is 0 Å². The van der Waals surface area contributed by atoms with Crippen LogP contribution >= 0.6 is 0 Å². The summed E-state index contributed by atoms with van der Waals surface area (Å²) in [6.07, 6.45) is -4.67. The zero-order valence-corrected chi connectivity index (χ0v) is 12.1. The SMILES string of the molecule is Nc1ccc(C(F)(F)F)cc1N1CC(CS(N)(=O)=O)CC1=O. The number of carbonyl (C=O) groups excluding carboxylic acids is 1. The molecule has 0 spiro atoms. The molecule has 0 radical (unpaired) electrons. The zero-order chi connectivity index (χ0) is 16.7. The molecule has 4 N–H and O–H groups in total. The molecule has 1 aliphatic rings. The summed E-state index contributed by atoms with van der Waals surface area (Å²) in [6.45, 7) is -0.0409. The van der Waals surface area contributed by atoms with Crippen LogP contribution in [0.2, 0.25) is 0 Å². The third kappa shape index (κ3) is 3.69. The molecule has 1 saturated heterocycles. The van der Waals surface area contributed by atoms with Crippen LogP contribution in [0.1, 0.15) is 12.0 Å². The summed E-state index contributed by atoms with van der Waals surface area (Å²) >= 11 is 0. The van der Waals surface area contributed by atoms with Gasteiger partial charge in [-0.1, -0.05) is 0 Å². The first-order valence-corrected chi connectivity index (χ1v) is 7.96. The highest BCUT2D eigenvalue weighted by atomic mass is 32.2. The Morgan fingerprint density at radius 1 is 1.32 bits per heavy atom. The topological polar surface area (TPSA) is 106 Å². The van der Waals surface area contributed by atoms with Gasteiger partial charge in [0.15, 0.2) is 0 Å². The van der Waals surface area contributed by atoms with Crippen LogP contribution in [0, 0.1) is 5.92 Å². The lowest BCUT2D eigenvalue weighted by Gasteiger charge is -2.20. The zero-order valence-electron chi connectivity index (χ0n) is 11.3. The van der Waals surface area contributed by atoms with Crippen LogP contribution in [0.25, 0.3) is 0 Å². The Morgan fingerprint density at radius 3 is 2.50 bits per heavy atom. The first-order valence-electron chi connectivity index (χ1n) is 6.25. The normalized spacial score (nSPS) is 19.7. The van der Waals surface area contributed by atoms with Crippen molar-refractivity contribution >= 4 is 27.3 Å². The molecule has 1 aromatic carbocycles. The summed E-state index contributed by atoms with van der Waals surface area (Å²) < 4.78 is 60.4. The minimum absolute atomic E-state index is 0.0117. The van der Waals surface area contributed by atoms with Gasteiger partial charge in [-0.2, -0.15) is 13.2 Å². The van der Waals surface area contributed by atoms with Crippen LogP contribution in [0.15, 0.2) is 18.2 Å². The lowest BCUT2D eigenvalue weighted by molar-refractivity contribution is -0.137. The number of nitrogens with two attached hydrogens (primary N) is 2. The highest BCUT2D eigenvalue weighted by molar-refractivity contribution is 7.89. The molecule has 22 heavy (non-hydrogen) atoms. The summed E-state index contributed by atoms with van der Waals surface area (Å²) in [4.78, 5) is 13.0. The smallest absolute Gasteiger partial charge is 0.397 e. The molecule has 1 aromatic rings. The number of rotatable bonds is 3. The number of sulfonamides is 1. The molecule has 122 valence electrons. The number of hydrogen-bond acceptors (Lipinski definition) is 4. The molecule has 1 atom stereocenters. The van der Waals surface area contributed by atoms with Gasteiger partial charge in [-0.3, -0.25) is 4.79 Å². The quantitative estimate of drug-likeness (QED) is 0.800. The fraction of sp³-hybridized carbons (Fsp3) is 0.417. The van der Waals surface area contributed by atoms with Crippen LogP contribution in [0.5, 0.6) is 0 Å². The maximum atomic E-state index is 12.7. The average Bonchev–Trinajstić information content (AvgIpc) is 2.66. The van der Waals surface area contributed by atoms with Crippen molar-refractivity contribution in [2.24, 2.45) is 11.1 Å². The van der Waals surface area contributed by atoms with Crippen molar-refractivity contribution in [2.75, 3.05) is 22.9 Å². The van der Waals surface area contributed by atoms with Crippen molar-refractivity contribution in [1.29, 1.82) is 0 Å². The Morgan fingerprint density at radius 2 is 1.95 bits per heavy atom. The molecular formula is C12H14F3N3O3S. The summed E-state index contributed by atoms with van der Waals surface area (Å²) in [5, 5.41) is 4.92. The van der Waals surface area contributed by atoms with Gasteiger partial charge in [0, 0.05) is 18.9 Å². The molecule has 1 heterocycles. The average molecular weight is 337 g/mol. The molecule has 0 aliphatic carbocycles. The van der Waals surface area contributed by atoms with Gasteiger partial charge in [0.05, 0.1) is 22.7 Å². The molecule has 1 aliphatic heterocycles. The number of anilines is 2. The summed E-state index contributed by atoms with van der Waals surface area (Å²) in [5.74, 6) is -1.47. The van der Waals surface area contributed by atoms with E-state index in [0.717, 1.165) is 23.1 Å². The minimum Gasteiger partial charge on any atom is -0.397 e. The summed E-state index contributed by atoms with van der Waals surface area (Å²) in [6, 6.07) is 2.67. The number of hydrogen-bond donors (Lipinski definition) is 2. The second-order valence-electron chi connectivity index (χ2n) is 5.18. The molecule has 0 aromatic heterocycles. The molecule has 0 saturated carbocycles. The fourth-order valence-electron chi connectivity index (χ4n) is 2.41. The number of nitrogen functional groups attached to an aromatic ring is 1. The monoisotopic (exact) mass is 337 g/mol. The van der Waals surface area contributed by atoms with E-state index in [1.165, 1.54) is 0 Å². The van der Waals surface area contributed by atoms with Gasteiger partial charge >= 0.3 is 6.18 Å². The van der Waals surface area contributed by atoms with Gasteiger partial charge in [-0.25, -0.2) is 13.6 Å². The largest absolute Gasteiger partial charge is 0.416 e. The Bertz CT molecular complexity index is 703. The third-order valence-corrected chi connectivity index (χ3v) is 4.26. The third-order valence-electron chi connectivity index (χ3n) is 3.32. The first-order chi connectivity index (χ1) is 9.97. The van der Waals surface area contributed by atoms with Crippen LogP contribution in [-0.2, 0) is 21.0 Å². The number of amides is 1. The fourth-order valence-corrected chi connectivity index (χ4v) is 3.29. The number of nitrogens with zero attached hydrogens (tertiary/aromatic N) is 1. The molecule has 10 heteroatoms. The van der Waals surface area contributed by atoms with E-state index in [-0.39, 0.29) is 24.3 Å². The summed E-state index contributed by atoms with van der Waals surface area (Å²) in [5.41, 5.74) is 4.65. The lowest BCUT2D eigenvalue weighted by atomic mass is 10.1. The highest BCUT2D eigenvalue weighted by Gasteiger charge is 2.36. The lowest BCUT2D eigenvalue weighted by Crippen LogP contribution is -2.28. The Kier molecular flexibility index (Phi) is 4.09. The van der Waals surface area contributed by atoms with Crippen LogP contribution in [-0.4, -0.2) is 26.6 Å². The number of benzene rings is 1. The molecule has 1 amide bonds. The maximum Gasteiger partial charge on any atom is 0.416 e. The van der Waals surface area contributed by atoms with E-state index in [1.54, 1.807) is 0 Å². The van der Waals surface area contributed by atoms with Gasteiger partial charge < -0.3 is 10.6 Å². The van der Waals surface area contributed by atoms with Crippen molar-refractivity contribution in [1.82, 2.24) is 0 Å². The number of alkyl halides is 3. The van der Waals surface area contributed by atoms with Gasteiger partial charge in [-0.05, 0) is 18.2 Å². The molecule has 1 fully saturated rings. The standard InChI is InChI=1S/C12H14F3N3O3S/c13-12(14,15)8-1-2-9(16)10(4-8)18-5-7(3-11(18)19)6-22(17,20)21/h1-2,4,7H,3,5-6,16H2,(H2,17,20,21). The van der Waals surface area contributed by atoms with Gasteiger partial charge in [-0.15, -0.1) is 0 Å². The second kappa shape index (κ2) is 5.43. The molecule has 6 nitrogen and oxygen atoms in total. The predicted octanol–water partition coefficient (Wildman–Crippen LogP) is 0.929. The van der Waals surface area contributed by atoms with Crippen molar-refractivity contribution < 1.29 is 26.4 Å². The van der Waals surface area contributed by atoms with Crippen molar-refractivity contribution in [3.05, 3.63) is 23.8 Å². The van der Waals surface area contributed by atoms with E-state index in [9.17, 15) is 26.4 Å². The van der Waals surface area contributed by atoms with E-state index in [0.29, 0.717) is 0 Å². The number of carbonyl (C=O) groups is 1. The van der Waals surface area contributed by atoms with E-state index >= 15 is 0 Å². The molecule has 2 rings (SSSR count). The maximum absolute atomic E-state index is 12.7. The molecule has 0 bridgehead atoms. The van der Waals surface area contributed by atoms with E-state index < -0.39 is 39.3 Å². The molecular weight excluding hydrogens is 323 g/mol. The van der Waals surface area contributed by atoms with E-state index in [2.05, 4.69) is 0 Å². The number of primary sulfonamides is 1. The van der Waals surface area contributed by atoms with Crippen molar-refractivity contribution in [2.45, 2.75) is 12.6 Å². The van der Waals surface area contributed by atoms with Crippen molar-refractivity contribution in [3.8, 4) is 0 Å². The van der Waals surface area contributed by atoms with Gasteiger partial charge in [0.2, 0.25) is 15.9 Å². The predicted molar refractivity (Wildman–Crippen MR) is 74.3 cm³/mol. The van der Waals surface area contributed by atoms with Crippen LogP contribution in [0.4, 0.5) is 24.5 Å². The van der Waals surface area contributed by atoms with Gasteiger partial charge in [0.25, 0.3) is 0 Å². The highest BCUT2D eigenvalue weighted by Crippen LogP contribution is 2.36. The summed E-state index contributed by atoms with van der Waals surface area (Å²) in [7, 11) is -3.77. The van der Waals surface area contributed by atoms with E-state index in [1.807, 2.05) is 0 Å². The number of halogens is 3. The Balaban J connectivity index is 2.30. The second-order valence-corrected chi connectivity index (χ2v) is 6.83.